The summed E-state index contributed by atoms with van der Waals surface area (Å²) in [6.45, 7) is 5.08. The van der Waals surface area contributed by atoms with Gasteiger partial charge in [-0.3, -0.25) is 4.40 Å². The average molecular weight is 226 g/mol. The van der Waals surface area contributed by atoms with Crippen LogP contribution in [0.4, 0.5) is 4.39 Å². The number of hydrogen-bond donors (Lipinski definition) is 0. The summed E-state index contributed by atoms with van der Waals surface area (Å²) in [7, 11) is -2.42. The molecule has 0 aliphatic heterocycles. The van der Waals surface area contributed by atoms with Crippen LogP contribution in [-0.4, -0.2) is 22.7 Å². The van der Waals surface area contributed by atoms with Crippen molar-refractivity contribution in [3.8, 4) is 0 Å². The van der Waals surface area contributed by atoms with E-state index in [0.29, 0.717) is 11.1 Å². The topological polar surface area (TPSA) is 34.4 Å². The van der Waals surface area contributed by atoms with Crippen LogP contribution in [0.2, 0.25) is 0 Å². The summed E-state index contributed by atoms with van der Waals surface area (Å²) in [5.41, 5.74) is 1.99. The summed E-state index contributed by atoms with van der Waals surface area (Å²) >= 11 is 0. The van der Waals surface area contributed by atoms with Gasteiger partial charge in [0.15, 0.2) is 0 Å². The van der Waals surface area contributed by atoms with Gasteiger partial charge in [-0.25, -0.2) is 9.37 Å². The average Bonchev–Trinajstić information content (AvgIpc) is 2.45. The van der Waals surface area contributed by atoms with Gasteiger partial charge in [-0.05, 0) is 31.9 Å². The highest BCUT2D eigenvalue weighted by Crippen LogP contribution is 2.34. The third kappa shape index (κ3) is 1.70. The quantitative estimate of drug-likeness (QED) is 0.697. The van der Waals surface area contributed by atoms with Crippen LogP contribution in [0.1, 0.15) is 5.56 Å². The standard InChI is InChI=1S/C10H12FN2OP/c1-7-4-8(11)6-13-9(15(2,3)14)5-12-10(7)13/h4-6H,1-3H3. The molecule has 0 aliphatic rings. The normalized spacial score (nSPS) is 12.3. The van der Waals surface area contributed by atoms with Gasteiger partial charge in [0.2, 0.25) is 0 Å². The van der Waals surface area contributed by atoms with Crippen molar-refractivity contribution in [1.82, 2.24) is 9.38 Å². The minimum atomic E-state index is -2.42. The van der Waals surface area contributed by atoms with Gasteiger partial charge in [-0.1, -0.05) is 0 Å². The molecule has 0 amide bonds. The first-order valence-electron chi connectivity index (χ1n) is 4.58. The number of aromatic nitrogens is 2. The van der Waals surface area contributed by atoms with E-state index in [-0.39, 0.29) is 5.82 Å². The molecule has 3 nitrogen and oxygen atoms in total. The molecule has 2 heterocycles. The summed E-state index contributed by atoms with van der Waals surface area (Å²) in [4.78, 5) is 4.15. The van der Waals surface area contributed by atoms with Gasteiger partial charge in [0, 0.05) is 6.20 Å². The predicted octanol–water partition coefficient (Wildman–Crippen LogP) is 2.03. The lowest BCUT2D eigenvalue weighted by molar-refractivity contribution is 0.587. The first-order chi connectivity index (χ1) is 6.89. The maximum absolute atomic E-state index is 13.2. The number of imidazole rings is 1. The number of hydrogen-bond acceptors (Lipinski definition) is 2. The fourth-order valence-corrected chi connectivity index (χ4v) is 2.61. The van der Waals surface area contributed by atoms with Crippen molar-refractivity contribution in [3.05, 3.63) is 29.8 Å². The van der Waals surface area contributed by atoms with Crippen LogP contribution in [0, 0.1) is 12.7 Å². The number of nitrogens with zero attached hydrogens (tertiary/aromatic N) is 2. The molecule has 2 rings (SSSR count). The van der Waals surface area contributed by atoms with Gasteiger partial charge >= 0.3 is 0 Å². The highest BCUT2D eigenvalue weighted by Gasteiger charge is 2.17. The Kier molecular flexibility index (Phi) is 2.19. The van der Waals surface area contributed by atoms with Crippen molar-refractivity contribution >= 4 is 18.2 Å². The van der Waals surface area contributed by atoms with E-state index in [4.69, 9.17) is 0 Å². The Morgan fingerprint density at radius 3 is 2.73 bits per heavy atom. The number of pyridine rings is 1. The fraction of sp³-hybridized carbons (Fsp3) is 0.300. The van der Waals surface area contributed by atoms with Crippen LogP contribution in [0.5, 0.6) is 0 Å². The molecular weight excluding hydrogens is 214 g/mol. The van der Waals surface area contributed by atoms with Crippen molar-refractivity contribution in [2.24, 2.45) is 0 Å². The molecule has 2 aromatic rings. The highest BCUT2D eigenvalue weighted by atomic mass is 31.2. The molecule has 0 atom stereocenters. The maximum atomic E-state index is 13.2. The molecule has 2 aromatic heterocycles. The smallest absolute Gasteiger partial charge is 0.140 e. The predicted molar refractivity (Wildman–Crippen MR) is 59.0 cm³/mol. The van der Waals surface area contributed by atoms with Gasteiger partial charge < -0.3 is 4.57 Å². The molecule has 0 N–H and O–H groups in total. The summed E-state index contributed by atoms with van der Waals surface area (Å²) in [5.74, 6) is -0.340. The third-order valence-electron chi connectivity index (χ3n) is 2.29. The molecule has 0 saturated heterocycles. The Morgan fingerprint density at radius 2 is 2.13 bits per heavy atom. The van der Waals surface area contributed by atoms with Crippen molar-refractivity contribution < 1.29 is 8.96 Å². The van der Waals surface area contributed by atoms with Crippen LogP contribution >= 0.6 is 7.14 Å². The summed E-state index contributed by atoms with van der Waals surface area (Å²) in [6, 6.07) is 1.42. The Bertz CT molecular complexity index is 570. The van der Waals surface area contributed by atoms with Crippen LogP contribution < -0.4 is 5.44 Å². The molecule has 0 unspecified atom stereocenters. The van der Waals surface area contributed by atoms with E-state index in [1.165, 1.54) is 12.3 Å². The molecule has 15 heavy (non-hydrogen) atoms. The fourth-order valence-electron chi connectivity index (χ4n) is 1.60. The molecule has 0 bridgehead atoms. The zero-order valence-corrected chi connectivity index (χ0v) is 9.75. The Morgan fingerprint density at radius 1 is 1.47 bits per heavy atom. The SMILES string of the molecule is Cc1cc(F)cn2c(P(C)(C)=O)cnc12. The minimum absolute atomic E-state index is 0.340. The van der Waals surface area contributed by atoms with E-state index in [2.05, 4.69) is 4.98 Å². The number of aryl methyl sites for hydroxylation is 1. The van der Waals surface area contributed by atoms with E-state index < -0.39 is 7.14 Å². The second-order valence-corrected chi connectivity index (χ2v) is 7.16. The van der Waals surface area contributed by atoms with E-state index in [1.807, 2.05) is 0 Å². The van der Waals surface area contributed by atoms with Crippen molar-refractivity contribution in [1.29, 1.82) is 0 Å². The largest absolute Gasteiger partial charge is 0.318 e. The second kappa shape index (κ2) is 3.17. The Labute approximate surface area is 87.3 Å². The molecule has 0 spiro atoms. The Balaban J connectivity index is 2.86. The summed E-state index contributed by atoms with van der Waals surface area (Å²) < 4.78 is 26.7. The molecule has 5 heteroatoms. The number of halogens is 1. The lowest BCUT2D eigenvalue weighted by Crippen LogP contribution is -2.10. The van der Waals surface area contributed by atoms with Crippen LogP contribution in [0.25, 0.3) is 5.65 Å². The van der Waals surface area contributed by atoms with Gasteiger partial charge in [-0.2, -0.15) is 0 Å². The molecule has 0 radical (unpaired) electrons. The lowest BCUT2D eigenvalue weighted by Gasteiger charge is -2.06. The zero-order valence-electron chi connectivity index (χ0n) is 8.86. The number of fused-ring (bicyclic) bond motifs is 1. The first-order valence-corrected chi connectivity index (χ1v) is 7.18. The van der Waals surface area contributed by atoms with E-state index in [1.54, 1.807) is 30.9 Å². The molecular formula is C10H12FN2OP. The second-order valence-electron chi connectivity index (χ2n) is 4.00. The molecule has 0 aliphatic carbocycles. The van der Waals surface area contributed by atoms with Crippen LogP contribution in [0.15, 0.2) is 18.5 Å². The highest BCUT2D eigenvalue weighted by molar-refractivity contribution is 7.69. The van der Waals surface area contributed by atoms with E-state index >= 15 is 0 Å². The van der Waals surface area contributed by atoms with E-state index in [0.717, 1.165) is 5.56 Å². The number of rotatable bonds is 1. The molecule has 0 aromatic carbocycles. The molecule has 0 fully saturated rings. The lowest BCUT2D eigenvalue weighted by atomic mass is 10.3. The molecule has 0 saturated carbocycles. The van der Waals surface area contributed by atoms with Crippen LogP contribution in [-0.2, 0) is 4.57 Å². The molecule has 80 valence electrons. The van der Waals surface area contributed by atoms with Crippen molar-refractivity contribution in [2.75, 3.05) is 13.3 Å². The van der Waals surface area contributed by atoms with Gasteiger partial charge in [0.05, 0.1) is 6.20 Å². The van der Waals surface area contributed by atoms with Gasteiger partial charge in [0.25, 0.3) is 0 Å². The zero-order chi connectivity index (χ0) is 11.2. The maximum Gasteiger partial charge on any atom is 0.140 e. The third-order valence-corrected chi connectivity index (χ3v) is 3.72. The Hall–Kier alpha value is -1.15. The first kappa shape index (κ1) is 10.4. The van der Waals surface area contributed by atoms with Crippen molar-refractivity contribution in [3.63, 3.8) is 0 Å². The summed E-state index contributed by atoms with van der Waals surface area (Å²) in [5, 5.41) is 0. The van der Waals surface area contributed by atoms with Crippen LogP contribution in [0.3, 0.4) is 0 Å². The monoisotopic (exact) mass is 226 g/mol. The minimum Gasteiger partial charge on any atom is -0.318 e. The van der Waals surface area contributed by atoms with Gasteiger partial charge in [-0.15, -0.1) is 0 Å². The van der Waals surface area contributed by atoms with E-state index in [9.17, 15) is 8.96 Å². The van der Waals surface area contributed by atoms with Crippen molar-refractivity contribution in [2.45, 2.75) is 6.92 Å². The summed E-state index contributed by atoms with van der Waals surface area (Å²) in [6.07, 6.45) is 2.88. The van der Waals surface area contributed by atoms with Gasteiger partial charge in [0.1, 0.15) is 24.0 Å².